The number of hydrogen-bond donors (Lipinski definition) is 0. The van der Waals surface area contributed by atoms with Crippen LogP contribution >= 0.6 is 0 Å². The van der Waals surface area contributed by atoms with Crippen molar-refractivity contribution in [3.8, 4) is 118 Å². The second kappa shape index (κ2) is 22.7. The highest BCUT2D eigenvalue weighted by molar-refractivity contribution is 6.14. The van der Waals surface area contributed by atoms with Gasteiger partial charge < -0.3 is 9.13 Å². The van der Waals surface area contributed by atoms with Gasteiger partial charge in [0.25, 0.3) is 0 Å². The maximum absolute atomic E-state index is 15.5. The summed E-state index contributed by atoms with van der Waals surface area (Å²) in [6.45, 7) is 0. The van der Waals surface area contributed by atoms with Gasteiger partial charge in [-0.25, -0.2) is 0 Å². The number of halogens is 3. The number of nitrogens with zero attached hydrogens (tertiary/aromatic N) is 7. The van der Waals surface area contributed by atoms with E-state index in [0.717, 1.165) is 139 Å². The Morgan fingerprint density at radius 1 is 0.283 bits per heavy atom. The summed E-state index contributed by atoms with van der Waals surface area (Å²) in [5.74, 6) is 0. The van der Waals surface area contributed by atoms with Crippen LogP contribution in [0.4, 0.5) is 13.2 Å². The van der Waals surface area contributed by atoms with Crippen molar-refractivity contribution in [2.45, 2.75) is 6.18 Å². The van der Waals surface area contributed by atoms with Gasteiger partial charge in [0, 0.05) is 90.8 Å². The SMILES string of the molecule is N#Cc1c(-n2c3ccc(-c4ccc(-c5ccccc5)nc4)cc3c3cc(-c4ccc(-c5ccccc5)nc4)ccc32)cc(-c2ccccc2C(F)(F)F)cc1-n1c2ccc(-c3ccc(-c4ccccc4)nc3)cc2c2cc(-c3ccc(-c4ccccc4)nc3)ccc21. The molecule has 0 bridgehead atoms. The Labute approximate surface area is 527 Å². The Balaban J connectivity index is 0.934. The van der Waals surface area contributed by atoms with Gasteiger partial charge in [-0.15, -0.1) is 0 Å². The lowest BCUT2D eigenvalue weighted by Crippen LogP contribution is -2.09. The summed E-state index contributed by atoms with van der Waals surface area (Å²) in [6, 6.07) is 93.1. The van der Waals surface area contributed by atoms with Gasteiger partial charge >= 0.3 is 6.18 Å². The fraction of sp³-hybridized carbons (Fsp3) is 0.0122. The van der Waals surface area contributed by atoms with Gasteiger partial charge in [0.15, 0.2) is 0 Å². The van der Waals surface area contributed by atoms with Crippen molar-refractivity contribution in [3.05, 3.63) is 315 Å². The summed E-state index contributed by atoms with van der Waals surface area (Å²) in [4.78, 5) is 19.6. The van der Waals surface area contributed by atoms with Crippen LogP contribution in [-0.2, 0) is 6.18 Å². The third-order valence-electron chi connectivity index (χ3n) is 17.4. The van der Waals surface area contributed by atoms with E-state index >= 15 is 13.2 Å². The van der Waals surface area contributed by atoms with E-state index in [1.54, 1.807) is 18.2 Å². The fourth-order valence-electron chi connectivity index (χ4n) is 12.9. The number of pyridine rings is 4. The molecule has 10 aromatic carbocycles. The molecule has 92 heavy (non-hydrogen) atoms. The predicted molar refractivity (Wildman–Crippen MR) is 365 cm³/mol. The van der Waals surface area contributed by atoms with Crippen LogP contribution in [0.25, 0.3) is 156 Å². The molecular weight excluding hydrogens is 1140 g/mol. The van der Waals surface area contributed by atoms with E-state index in [1.807, 2.05) is 228 Å². The van der Waals surface area contributed by atoms with Crippen LogP contribution in [0.3, 0.4) is 0 Å². The summed E-state index contributed by atoms with van der Waals surface area (Å²) in [7, 11) is 0. The molecule has 16 rings (SSSR count). The number of benzene rings is 10. The van der Waals surface area contributed by atoms with Crippen molar-refractivity contribution < 1.29 is 13.2 Å². The van der Waals surface area contributed by atoms with Gasteiger partial charge in [-0.05, 0) is 124 Å². The predicted octanol–water partition coefficient (Wildman–Crippen LogP) is 21.4. The highest BCUT2D eigenvalue weighted by Gasteiger charge is 2.34. The van der Waals surface area contributed by atoms with E-state index in [9.17, 15) is 5.26 Å². The molecule has 0 atom stereocenters. The number of fused-ring (bicyclic) bond motifs is 6. The van der Waals surface area contributed by atoms with Crippen LogP contribution in [0, 0.1) is 11.3 Å². The van der Waals surface area contributed by atoms with Crippen LogP contribution in [0.15, 0.2) is 304 Å². The molecular formula is C82H50F3N7. The number of alkyl halides is 3. The fourth-order valence-corrected chi connectivity index (χ4v) is 12.9. The summed E-state index contributed by atoms with van der Waals surface area (Å²) in [6.07, 6.45) is 2.80. The lowest BCUT2D eigenvalue weighted by molar-refractivity contribution is -0.137. The van der Waals surface area contributed by atoms with E-state index in [2.05, 4.69) is 54.6 Å². The van der Waals surface area contributed by atoms with Gasteiger partial charge in [0.2, 0.25) is 0 Å². The Morgan fingerprint density at radius 3 is 0.837 bits per heavy atom. The van der Waals surface area contributed by atoms with E-state index < -0.39 is 11.7 Å². The molecule has 10 heteroatoms. The molecule has 0 radical (unpaired) electrons. The number of hydrogen-bond acceptors (Lipinski definition) is 5. The van der Waals surface area contributed by atoms with Crippen LogP contribution in [0.5, 0.6) is 0 Å². The standard InChI is InChI=1S/C82H50F3N7/c83-82(84,85)71-24-14-13-23-65(71)64-45-80(91-76-37-29-56(60-25-33-72(87-48-60)52-15-5-1-6-16-52)41-66(76)67-42-57(30-38-77(67)91)61-26-34-73(88-49-61)53-17-7-2-8-18-53)70(47-86)81(46-64)92-78-39-31-58(62-27-35-74(89-50-62)54-19-9-3-10-20-54)43-68(78)69-44-59(32-40-79(69)92)63-28-36-75(90-51-63)55-21-11-4-12-22-55/h1-46,48-51H. The zero-order chi connectivity index (χ0) is 61.9. The van der Waals surface area contributed by atoms with Gasteiger partial charge in [0.1, 0.15) is 11.6 Å². The second-order valence-electron chi connectivity index (χ2n) is 22.8. The molecule has 6 aromatic heterocycles. The van der Waals surface area contributed by atoms with Crippen LogP contribution in [-0.4, -0.2) is 29.1 Å². The maximum atomic E-state index is 15.5. The topological polar surface area (TPSA) is 85.2 Å². The maximum Gasteiger partial charge on any atom is 0.417 e. The molecule has 6 heterocycles. The number of aromatic nitrogens is 6. The van der Waals surface area contributed by atoms with Gasteiger partial charge in [-0.1, -0.05) is 188 Å². The molecule has 0 spiro atoms. The highest BCUT2D eigenvalue weighted by Crippen LogP contribution is 2.46. The lowest BCUT2D eigenvalue weighted by atomic mass is 9.96. The lowest BCUT2D eigenvalue weighted by Gasteiger charge is -2.20. The third kappa shape index (κ3) is 9.91. The van der Waals surface area contributed by atoms with Crippen molar-refractivity contribution in [1.29, 1.82) is 5.26 Å². The molecule has 0 N–H and O–H groups in total. The quantitative estimate of drug-likeness (QED) is 0.129. The summed E-state index contributed by atoms with van der Waals surface area (Å²) >= 11 is 0. The highest BCUT2D eigenvalue weighted by atomic mass is 19.4. The minimum atomic E-state index is -4.71. The first-order valence-electron chi connectivity index (χ1n) is 30.2. The van der Waals surface area contributed by atoms with Gasteiger partial charge in [-0.3, -0.25) is 19.9 Å². The molecule has 0 aliphatic carbocycles. The smallest absolute Gasteiger partial charge is 0.308 e. The molecule has 0 aliphatic rings. The Kier molecular flexibility index (Phi) is 13.6. The van der Waals surface area contributed by atoms with Crippen molar-refractivity contribution in [1.82, 2.24) is 29.1 Å². The average molecular weight is 1190 g/mol. The van der Waals surface area contributed by atoms with E-state index in [0.29, 0.717) is 11.4 Å². The first-order valence-corrected chi connectivity index (χ1v) is 30.2. The van der Waals surface area contributed by atoms with Crippen molar-refractivity contribution >= 4 is 43.6 Å². The molecule has 434 valence electrons. The van der Waals surface area contributed by atoms with E-state index in [-0.39, 0.29) is 16.7 Å². The van der Waals surface area contributed by atoms with E-state index in [4.69, 9.17) is 19.9 Å². The minimum absolute atomic E-state index is 0.0292. The van der Waals surface area contributed by atoms with E-state index in [1.165, 1.54) is 12.1 Å². The van der Waals surface area contributed by atoms with Gasteiger partial charge in [0.05, 0.1) is 61.8 Å². The molecule has 7 nitrogen and oxygen atoms in total. The monoisotopic (exact) mass is 1190 g/mol. The molecule has 0 fully saturated rings. The molecule has 0 saturated carbocycles. The first-order chi connectivity index (χ1) is 45.2. The molecule has 0 amide bonds. The molecule has 0 saturated heterocycles. The zero-order valence-electron chi connectivity index (χ0n) is 49.1. The Bertz CT molecular complexity index is 4920. The summed E-state index contributed by atoms with van der Waals surface area (Å²) < 4.78 is 50.7. The number of nitriles is 1. The molecule has 0 aliphatic heterocycles. The third-order valence-corrected chi connectivity index (χ3v) is 17.4. The largest absolute Gasteiger partial charge is 0.417 e. The van der Waals surface area contributed by atoms with Crippen LogP contribution in [0.2, 0.25) is 0 Å². The minimum Gasteiger partial charge on any atom is -0.308 e. The second-order valence-corrected chi connectivity index (χ2v) is 22.8. The average Bonchev–Trinajstić information content (AvgIpc) is 1.56. The van der Waals surface area contributed by atoms with Crippen molar-refractivity contribution in [2.24, 2.45) is 0 Å². The Hall–Kier alpha value is -12.3. The first kappa shape index (κ1) is 55.0. The van der Waals surface area contributed by atoms with Crippen LogP contribution in [0.1, 0.15) is 11.1 Å². The normalized spacial score (nSPS) is 11.6. The molecule has 16 aromatic rings. The van der Waals surface area contributed by atoms with Crippen LogP contribution < -0.4 is 0 Å². The van der Waals surface area contributed by atoms with Gasteiger partial charge in [-0.2, -0.15) is 18.4 Å². The number of rotatable bonds is 11. The summed E-state index contributed by atoms with van der Waals surface area (Å²) in [5, 5.41) is 15.5. The summed E-state index contributed by atoms with van der Waals surface area (Å²) in [5.41, 5.74) is 18.1. The van der Waals surface area contributed by atoms with Crippen molar-refractivity contribution in [3.63, 3.8) is 0 Å². The Morgan fingerprint density at radius 2 is 0.565 bits per heavy atom. The van der Waals surface area contributed by atoms with Crippen molar-refractivity contribution in [2.75, 3.05) is 0 Å². The molecule has 0 unspecified atom stereocenters. The zero-order valence-corrected chi connectivity index (χ0v) is 49.1.